The summed E-state index contributed by atoms with van der Waals surface area (Å²) in [6, 6.07) is 15.0. The van der Waals surface area contributed by atoms with Gasteiger partial charge in [0.2, 0.25) is 5.91 Å². The minimum absolute atomic E-state index is 0.0497. The Kier molecular flexibility index (Phi) is 7.09. The van der Waals surface area contributed by atoms with E-state index in [2.05, 4.69) is 9.97 Å². The van der Waals surface area contributed by atoms with Gasteiger partial charge in [-0.05, 0) is 61.0 Å². The molecule has 0 bridgehead atoms. The quantitative estimate of drug-likeness (QED) is 0.343. The molecule has 176 valence electrons. The van der Waals surface area contributed by atoms with Crippen molar-refractivity contribution in [2.45, 2.75) is 18.4 Å². The lowest BCUT2D eigenvalue weighted by Crippen LogP contribution is -2.35. The summed E-state index contributed by atoms with van der Waals surface area (Å²) in [6.07, 6.45) is 3.27. The molecule has 0 radical (unpaired) electrons. The Morgan fingerprint density at radius 3 is 2.53 bits per heavy atom. The second kappa shape index (κ2) is 10.2. The van der Waals surface area contributed by atoms with E-state index in [1.807, 2.05) is 31.2 Å². The number of hydrogen-bond acceptors (Lipinski definition) is 8. The first-order chi connectivity index (χ1) is 16.4. The van der Waals surface area contributed by atoms with Crippen molar-refractivity contribution in [3.8, 4) is 11.5 Å². The van der Waals surface area contributed by atoms with Crippen molar-refractivity contribution in [2.75, 3.05) is 24.4 Å². The van der Waals surface area contributed by atoms with Gasteiger partial charge >= 0.3 is 0 Å². The van der Waals surface area contributed by atoms with Crippen molar-refractivity contribution in [2.24, 2.45) is 0 Å². The lowest BCUT2D eigenvalue weighted by atomic mass is 10.2. The molecule has 0 spiro atoms. The number of nitrogens with zero attached hydrogens (tertiary/aromatic N) is 3. The number of carbonyl (C=O) groups is 1. The summed E-state index contributed by atoms with van der Waals surface area (Å²) in [5.41, 5.74) is 1.46. The van der Waals surface area contributed by atoms with E-state index in [0.29, 0.717) is 28.8 Å². The summed E-state index contributed by atoms with van der Waals surface area (Å²) in [5, 5.41) is 0.405. The number of pyridine rings is 1. The SMILES string of the molecule is CCOc1ccc2nc(N(Cc3cccnc3)C(=O)CS(=O)(=O)c3ccc(OC)cc3)sc2c1. The van der Waals surface area contributed by atoms with Crippen molar-refractivity contribution in [1.29, 1.82) is 0 Å². The molecule has 0 fully saturated rings. The van der Waals surface area contributed by atoms with Crippen LogP contribution in [0.5, 0.6) is 11.5 Å². The van der Waals surface area contributed by atoms with Crippen LogP contribution in [0.1, 0.15) is 12.5 Å². The topological polar surface area (TPSA) is 98.7 Å². The lowest BCUT2D eigenvalue weighted by Gasteiger charge is -2.20. The smallest absolute Gasteiger partial charge is 0.244 e. The van der Waals surface area contributed by atoms with Crippen molar-refractivity contribution >= 4 is 42.4 Å². The lowest BCUT2D eigenvalue weighted by molar-refractivity contribution is -0.116. The highest BCUT2D eigenvalue weighted by atomic mass is 32.2. The zero-order valence-corrected chi connectivity index (χ0v) is 20.3. The van der Waals surface area contributed by atoms with Gasteiger partial charge in [0.15, 0.2) is 15.0 Å². The molecule has 34 heavy (non-hydrogen) atoms. The summed E-state index contributed by atoms with van der Waals surface area (Å²) in [6.45, 7) is 2.58. The standard InChI is InChI=1S/C24H23N3O5S2/c1-3-32-19-8-11-21-22(13-19)33-24(26-21)27(15-17-5-4-12-25-14-17)23(28)16-34(29,30)20-9-6-18(31-2)7-10-20/h4-14H,3,15-16H2,1-2H3. The molecule has 4 rings (SSSR count). The van der Waals surface area contributed by atoms with Gasteiger partial charge in [0.05, 0.1) is 35.4 Å². The van der Waals surface area contributed by atoms with Gasteiger partial charge < -0.3 is 9.47 Å². The summed E-state index contributed by atoms with van der Waals surface area (Å²) >= 11 is 1.30. The van der Waals surface area contributed by atoms with E-state index < -0.39 is 21.5 Å². The number of ether oxygens (including phenoxy) is 2. The monoisotopic (exact) mass is 497 g/mol. The van der Waals surface area contributed by atoms with Gasteiger partial charge in [0.1, 0.15) is 17.3 Å². The Balaban J connectivity index is 1.66. The maximum atomic E-state index is 13.3. The van der Waals surface area contributed by atoms with Gasteiger partial charge in [-0.15, -0.1) is 0 Å². The predicted octanol–water partition coefficient (Wildman–Crippen LogP) is 4.11. The predicted molar refractivity (Wildman–Crippen MR) is 131 cm³/mol. The Labute approximate surface area is 201 Å². The molecule has 0 N–H and O–H groups in total. The molecular formula is C24H23N3O5S2. The fraction of sp³-hybridized carbons (Fsp3) is 0.208. The molecule has 0 saturated carbocycles. The van der Waals surface area contributed by atoms with Crippen molar-refractivity contribution in [1.82, 2.24) is 9.97 Å². The number of rotatable bonds is 9. The normalized spacial score (nSPS) is 11.4. The molecule has 2 heterocycles. The minimum atomic E-state index is -3.88. The second-order valence-electron chi connectivity index (χ2n) is 7.33. The van der Waals surface area contributed by atoms with E-state index in [4.69, 9.17) is 9.47 Å². The first-order valence-corrected chi connectivity index (χ1v) is 13.0. The maximum absolute atomic E-state index is 13.3. The second-order valence-corrected chi connectivity index (χ2v) is 10.3. The summed E-state index contributed by atoms with van der Waals surface area (Å²) < 4.78 is 37.5. The largest absolute Gasteiger partial charge is 0.497 e. The van der Waals surface area contributed by atoms with Crippen LogP contribution in [0.3, 0.4) is 0 Å². The molecule has 10 heteroatoms. The fourth-order valence-electron chi connectivity index (χ4n) is 3.31. The van der Waals surface area contributed by atoms with E-state index in [1.165, 1.54) is 35.5 Å². The van der Waals surface area contributed by atoms with Crippen LogP contribution in [0, 0.1) is 0 Å². The minimum Gasteiger partial charge on any atom is -0.497 e. The summed E-state index contributed by atoms with van der Waals surface area (Å²) in [4.78, 5) is 23.5. The molecule has 4 aromatic rings. The zero-order valence-electron chi connectivity index (χ0n) is 18.7. The van der Waals surface area contributed by atoms with Gasteiger partial charge in [0, 0.05) is 12.4 Å². The van der Waals surface area contributed by atoms with Crippen LogP contribution in [0.4, 0.5) is 5.13 Å². The molecule has 0 aliphatic heterocycles. The number of aromatic nitrogens is 2. The fourth-order valence-corrected chi connectivity index (χ4v) is 5.52. The average Bonchev–Trinajstić information content (AvgIpc) is 3.26. The first kappa shape index (κ1) is 23.7. The first-order valence-electron chi connectivity index (χ1n) is 10.5. The van der Waals surface area contributed by atoms with Gasteiger partial charge in [0.25, 0.3) is 0 Å². The molecule has 8 nitrogen and oxygen atoms in total. The highest BCUT2D eigenvalue weighted by Gasteiger charge is 2.27. The van der Waals surface area contributed by atoms with Crippen LogP contribution in [-0.4, -0.2) is 43.8 Å². The van der Waals surface area contributed by atoms with Crippen molar-refractivity contribution < 1.29 is 22.7 Å². The van der Waals surface area contributed by atoms with Crippen LogP contribution < -0.4 is 14.4 Å². The number of benzene rings is 2. The van der Waals surface area contributed by atoms with Crippen LogP contribution in [0.15, 0.2) is 71.9 Å². The number of thiazole rings is 1. The molecule has 0 saturated heterocycles. The Hall–Kier alpha value is -3.50. The molecule has 0 aliphatic rings. The Morgan fingerprint density at radius 1 is 1.09 bits per heavy atom. The number of amides is 1. The van der Waals surface area contributed by atoms with E-state index in [9.17, 15) is 13.2 Å². The molecule has 2 aromatic carbocycles. The average molecular weight is 498 g/mol. The molecule has 0 unspecified atom stereocenters. The molecule has 0 atom stereocenters. The number of carbonyl (C=O) groups excluding carboxylic acids is 1. The Morgan fingerprint density at radius 2 is 1.85 bits per heavy atom. The van der Waals surface area contributed by atoms with E-state index in [0.717, 1.165) is 10.3 Å². The highest BCUT2D eigenvalue weighted by molar-refractivity contribution is 7.92. The number of methoxy groups -OCH3 is 1. The van der Waals surface area contributed by atoms with E-state index >= 15 is 0 Å². The van der Waals surface area contributed by atoms with E-state index in [-0.39, 0.29) is 11.4 Å². The van der Waals surface area contributed by atoms with E-state index in [1.54, 1.807) is 30.6 Å². The van der Waals surface area contributed by atoms with Crippen LogP contribution in [0.25, 0.3) is 10.2 Å². The summed E-state index contributed by atoms with van der Waals surface area (Å²) in [5.74, 6) is -0.0368. The third kappa shape index (κ3) is 5.35. The van der Waals surface area contributed by atoms with Crippen LogP contribution >= 0.6 is 11.3 Å². The van der Waals surface area contributed by atoms with Gasteiger partial charge in [-0.1, -0.05) is 17.4 Å². The Bertz CT molecular complexity index is 1390. The number of fused-ring (bicyclic) bond motifs is 1. The molecular weight excluding hydrogens is 474 g/mol. The number of hydrogen-bond donors (Lipinski definition) is 0. The maximum Gasteiger partial charge on any atom is 0.244 e. The number of sulfone groups is 1. The van der Waals surface area contributed by atoms with Crippen LogP contribution in [0.2, 0.25) is 0 Å². The van der Waals surface area contributed by atoms with Crippen LogP contribution in [-0.2, 0) is 21.2 Å². The third-order valence-corrected chi connectivity index (χ3v) is 7.65. The summed E-state index contributed by atoms with van der Waals surface area (Å²) in [7, 11) is -2.38. The molecule has 2 aromatic heterocycles. The van der Waals surface area contributed by atoms with Gasteiger partial charge in [-0.3, -0.25) is 14.7 Å². The molecule has 0 aliphatic carbocycles. The van der Waals surface area contributed by atoms with Gasteiger partial charge in [-0.2, -0.15) is 0 Å². The number of anilines is 1. The van der Waals surface area contributed by atoms with Gasteiger partial charge in [-0.25, -0.2) is 13.4 Å². The zero-order chi connectivity index (χ0) is 24.1. The van der Waals surface area contributed by atoms with Crippen molar-refractivity contribution in [3.63, 3.8) is 0 Å². The molecule has 1 amide bonds. The van der Waals surface area contributed by atoms with Crippen molar-refractivity contribution in [3.05, 3.63) is 72.6 Å². The third-order valence-electron chi connectivity index (χ3n) is 4.99. The highest BCUT2D eigenvalue weighted by Crippen LogP contribution is 2.32.